The third-order valence-corrected chi connectivity index (χ3v) is 4.37. The molecule has 0 unspecified atom stereocenters. The van der Waals surface area contributed by atoms with E-state index in [0.717, 1.165) is 27.5 Å². The molecule has 0 bridgehead atoms. The van der Waals surface area contributed by atoms with Gasteiger partial charge in [0.25, 0.3) is 5.91 Å². The number of halogens is 1. The van der Waals surface area contributed by atoms with E-state index in [2.05, 4.69) is 37.1 Å². The van der Waals surface area contributed by atoms with Crippen molar-refractivity contribution in [1.29, 1.82) is 0 Å². The average Bonchev–Trinajstić information content (AvgIpc) is 2.99. The van der Waals surface area contributed by atoms with E-state index < -0.39 is 11.8 Å². The fraction of sp³-hybridized carbons (Fsp3) is 0.188. The van der Waals surface area contributed by atoms with Crippen LogP contribution in [0.5, 0.6) is 0 Å². The second-order valence-corrected chi connectivity index (χ2v) is 7.05. The summed E-state index contributed by atoms with van der Waals surface area (Å²) in [7, 11) is 0. The Morgan fingerprint density at radius 2 is 1.88 bits per heavy atom. The molecule has 2 rings (SSSR count). The Hall–Kier alpha value is -2.26. The topological polar surface area (TPSA) is 103 Å². The summed E-state index contributed by atoms with van der Waals surface area (Å²) in [6.07, 6.45) is 1.61. The molecular weight excluding hydrogens is 408 g/mol. The first-order valence-corrected chi connectivity index (χ1v) is 9.26. The highest BCUT2D eigenvalue weighted by Gasteiger charge is 2.10. The average molecular weight is 425 g/mol. The minimum Gasteiger partial charge on any atom is -0.356 e. The van der Waals surface area contributed by atoms with Crippen LogP contribution in [0.3, 0.4) is 0 Å². The lowest BCUT2D eigenvalue weighted by molar-refractivity contribution is -0.119. The van der Waals surface area contributed by atoms with Gasteiger partial charge >= 0.3 is 0 Å². The lowest BCUT2D eigenvalue weighted by atomic mass is 10.2. The Morgan fingerprint density at radius 3 is 2.56 bits per heavy atom. The molecule has 0 spiro atoms. The molecule has 132 valence electrons. The molecule has 0 radical (unpaired) electrons. The van der Waals surface area contributed by atoms with E-state index in [1.165, 1.54) is 0 Å². The molecule has 7 nitrogen and oxygen atoms in total. The summed E-state index contributed by atoms with van der Waals surface area (Å²) in [5, 5.41) is 2.76. The van der Waals surface area contributed by atoms with Crippen molar-refractivity contribution in [1.82, 2.24) is 15.8 Å². The molecule has 4 N–H and O–H groups in total. The Balaban J connectivity index is 1.64. The summed E-state index contributed by atoms with van der Waals surface area (Å²) in [5.74, 6) is -0.855. The second kappa shape index (κ2) is 9.28. The van der Waals surface area contributed by atoms with Gasteiger partial charge in [0.2, 0.25) is 11.8 Å². The lowest BCUT2D eigenvalue weighted by Gasteiger charge is -2.07. The van der Waals surface area contributed by atoms with Gasteiger partial charge in [0.1, 0.15) is 5.69 Å². The number of nitrogens with one attached hydrogen (secondary N) is 4. The SMILES string of the molecule is Cc1cccc(NC(=O)CSCC(=O)NNC(=O)c2cc(Br)c[nH]2)c1. The second-order valence-electron chi connectivity index (χ2n) is 5.14. The number of aryl methyl sites for hydroxylation is 1. The molecule has 0 saturated carbocycles. The maximum Gasteiger partial charge on any atom is 0.286 e. The summed E-state index contributed by atoms with van der Waals surface area (Å²) in [4.78, 5) is 38.0. The van der Waals surface area contributed by atoms with Crippen molar-refractivity contribution in [3.05, 3.63) is 52.3 Å². The molecule has 2 aromatic rings. The largest absolute Gasteiger partial charge is 0.356 e. The van der Waals surface area contributed by atoms with Crippen LogP contribution in [0.1, 0.15) is 16.1 Å². The number of amides is 3. The van der Waals surface area contributed by atoms with Crippen LogP contribution in [0.15, 0.2) is 41.0 Å². The highest BCUT2D eigenvalue weighted by molar-refractivity contribution is 9.10. The van der Waals surface area contributed by atoms with Crippen molar-refractivity contribution in [2.75, 3.05) is 16.8 Å². The van der Waals surface area contributed by atoms with E-state index in [0.29, 0.717) is 5.69 Å². The molecular formula is C16H17BrN4O3S. The number of rotatable bonds is 6. The van der Waals surface area contributed by atoms with Gasteiger partial charge in [0, 0.05) is 16.4 Å². The third kappa shape index (κ3) is 6.63. The molecule has 25 heavy (non-hydrogen) atoms. The molecule has 3 amide bonds. The number of aromatic nitrogens is 1. The van der Waals surface area contributed by atoms with Crippen LogP contribution in [0.4, 0.5) is 5.69 Å². The first-order valence-electron chi connectivity index (χ1n) is 7.31. The molecule has 0 aliphatic rings. The van der Waals surface area contributed by atoms with Gasteiger partial charge in [-0.15, -0.1) is 11.8 Å². The molecule has 1 aromatic carbocycles. The van der Waals surface area contributed by atoms with Gasteiger partial charge in [-0.05, 0) is 46.6 Å². The van der Waals surface area contributed by atoms with E-state index >= 15 is 0 Å². The highest BCUT2D eigenvalue weighted by atomic mass is 79.9. The summed E-state index contributed by atoms with van der Waals surface area (Å²) in [5.41, 5.74) is 6.68. The summed E-state index contributed by atoms with van der Waals surface area (Å²) in [6, 6.07) is 9.05. The standard InChI is InChI=1S/C16H17BrN4O3S/c1-10-3-2-4-12(5-10)19-14(22)8-25-9-15(23)20-21-16(24)13-6-11(17)7-18-13/h2-7,18H,8-9H2,1H3,(H,19,22)(H,20,23)(H,21,24). The smallest absolute Gasteiger partial charge is 0.286 e. The zero-order chi connectivity index (χ0) is 18.2. The summed E-state index contributed by atoms with van der Waals surface area (Å²) in [6.45, 7) is 1.94. The number of thioether (sulfide) groups is 1. The van der Waals surface area contributed by atoms with Gasteiger partial charge in [0.05, 0.1) is 11.5 Å². The zero-order valence-corrected chi connectivity index (χ0v) is 15.8. The van der Waals surface area contributed by atoms with E-state index in [-0.39, 0.29) is 17.4 Å². The molecule has 9 heteroatoms. The van der Waals surface area contributed by atoms with E-state index in [4.69, 9.17) is 0 Å². The Kier molecular flexibility index (Phi) is 7.08. The van der Waals surface area contributed by atoms with Crippen LogP contribution in [-0.4, -0.2) is 34.2 Å². The number of anilines is 1. The number of aromatic amines is 1. The number of carbonyl (C=O) groups is 3. The van der Waals surface area contributed by atoms with Crippen molar-refractivity contribution in [3.63, 3.8) is 0 Å². The molecule has 0 atom stereocenters. The van der Waals surface area contributed by atoms with Crippen LogP contribution < -0.4 is 16.2 Å². The molecule has 1 aromatic heterocycles. The molecule has 0 aliphatic carbocycles. The van der Waals surface area contributed by atoms with Gasteiger partial charge in [-0.1, -0.05) is 12.1 Å². The van der Waals surface area contributed by atoms with Gasteiger partial charge in [-0.25, -0.2) is 0 Å². The van der Waals surface area contributed by atoms with Gasteiger partial charge in [0.15, 0.2) is 0 Å². The van der Waals surface area contributed by atoms with Crippen LogP contribution in [0.2, 0.25) is 0 Å². The maximum atomic E-state index is 11.8. The Bertz CT molecular complexity index is 778. The molecule has 0 aliphatic heterocycles. The Morgan fingerprint density at radius 1 is 1.12 bits per heavy atom. The molecule has 0 saturated heterocycles. The Labute approximate surface area is 157 Å². The maximum absolute atomic E-state index is 11.8. The van der Waals surface area contributed by atoms with Crippen molar-refractivity contribution < 1.29 is 14.4 Å². The number of carbonyl (C=O) groups excluding carboxylic acids is 3. The fourth-order valence-electron chi connectivity index (χ4n) is 1.89. The number of hydrogen-bond acceptors (Lipinski definition) is 4. The van der Waals surface area contributed by atoms with Crippen LogP contribution in [0.25, 0.3) is 0 Å². The predicted octanol–water partition coefficient (Wildman–Crippen LogP) is 2.22. The molecule has 1 heterocycles. The van der Waals surface area contributed by atoms with Gasteiger partial charge in [-0.2, -0.15) is 0 Å². The highest BCUT2D eigenvalue weighted by Crippen LogP contribution is 2.11. The van der Waals surface area contributed by atoms with E-state index in [1.54, 1.807) is 18.3 Å². The monoisotopic (exact) mass is 424 g/mol. The third-order valence-electron chi connectivity index (χ3n) is 2.98. The minimum absolute atomic E-state index is 0.0515. The van der Waals surface area contributed by atoms with Gasteiger partial charge < -0.3 is 10.3 Å². The predicted molar refractivity (Wildman–Crippen MR) is 101 cm³/mol. The van der Waals surface area contributed by atoms with Crippen molar-refractivity contribution in [3.8, 4) is 0 Å². The van der Waals surface area contributed by atoms with Gasteiger partial charge in [-0.3, -0.25) is 25.2 Å². The number of benzene rings is 1. The van der Waals surface area contributed by atoms with Crippen molar-refractivity contribution in [2.45, 2.75) is 6.92 Å². The van der Waals surface area contributed by atoms with Crippen LogP contribution in [-0.2, 0) is 9.59 Å². The number of H-pyrrole nitrogens is 1. The number of hydrazine groups is 1. The van der Waals surface area contributed by atoms with Crippen molar-refractivity contribution in [2.24, 2.45) is 0 Å². The van der Waals surface area contributed by atoms with Crippen molar-refractivity contribution >= 4 is 51.1 Å². The van der Waals surface area contributed by atoms with E-state index in [9.17, 15) is 14.4 Å². The normalized spacial score (nSPS) is 10.2. The molecule has 0 fully saturated rings. The quantitative estimate of drug-likeness (QED) is 0.533. The first-order chi connectivity index (χ1) is 11.9. The fourth-order valence-corrected chi connectivity index (χ4v) is 2.85. The lowest BCUT2D eigenvalue weighted by Crippen LogP contribution is -2.42. The summed E-state index contributed by atoms with van der Waals surface area (Å²) >= 11 is 4.37. The first kappa shape index (κ1) is 19.1. The number of hydrogen-bond donors (Lipinski definition) is 4. The van der Waals surface area contributed by atoms with Crippen LogP contribution >= 0.6 is 27.7 Å². The minimum atomic E-state index is -0.457. The zero-order valence-electron chi connectivity index (χ0n) is 13.4. The summed E-state index contributed by atoms with van der Waals surface area (Å²) < 4.78 is 0.735. The van der Waals surface area contributed by atoms with Crippen LogP contribution in [0, 0.1) is 6.92 Å². The van der Waals surface area contributed by atoms with E-state index in [1.807, 2.05) is 25.1 Å².